The molecule has 0 aliphatic carbocycles. The second-order valence-corrected chi connectivity index (χ2v) is 4.02. The highest BCUT2D eigenvalue weighted by Crippen LogP contribution is 2.22. The van der Waals surface area contributed by atoms with Crippen LogP contribution in [0, 0.1) is 0 Å². The number of hydrogen-bond acceptors (Lipinski definition) is 6. The molecule has 2 aromatic heterocycles. The molecule has 2 rings (SSSR count). The van der Waals surface area contributed by atoms with Crippen LogP contribution in [0.4, 0.5) is 5.00 Å². The van der Waals surface area contributed by atoms with Gasteiger partial charge in [0.25, 0.3) is 0 Å². The van der Waals surface area contributed by atoms with Crippen molar-refractivity contribution in [3.8, 4) is 0 Å². The van der Waals surface area contributed by atoms with Crippen LogP contribution in [0.5, 0.6) is 0 Å². The summed E-state index contributed by atoms with van der Waals surface area (Å²) in [7, 11) is 0. The van der Waals surface area contributed by atoms with Gasteiger partial charge in [0.05, 0.1) is 0 Å². The maximum Gasteiger partial charge on any atom is 0.165 e. The zero-order valence-corrected chi connectivity index (χ0v) is 8.23. The lowest BCUT2D eigenvalue weighted by atomic mass is 10.5. The zero-order valence-electron chi connectivity index (χ0n) is 6.60. The Kier molecular flexibility index (Phi) is 2.46. The predicted molar refractivity (Wildman–Crippen MR) is 52.5 cm³/mol. The van der Waals surface area contributed by atoms with Crippen LogP contribution >= 0.6 is 23.3 Å². The van der Waals surface area contributed by atoms with Crippen LogP contribution in [0.25, 0.3) is 0 Å². The molecule has 13 heavy (non-hydrogen) atoms. The molecule has 0 fully saturated rings. The van der Waals surface area contributed by atoms with E-state index in [0.717, 1.165) is 10.9 Å². The molecule has 0 amide bonds. The summed E-state index contributed by atoms with van der Waals surface area (Å²) in [5, 5.41) is 5.44. The van der Waals surface area contributed by atoms with E-state index < -0.39 is 0 Å². The van der Waals surface area contributed by atoms with Gasteiger partial charge in [-0.1, -0.05) is 16.3 Å². The lowest BCUT2D eigenvalue weighted by Crippen LogP contribution is -1.89. The summed E-state index contributed by atoms with van der Waals surface area (Å²) in [5.41, 5.74) is 6.45. The minimum Gasteiger partial charge on any atom is -0.388 e. The molecule has 0 saturated carbocycles. The molecular formula is C6H7N5S2. The number of rotatable bonds is 3. The van der Waals surface area contributed by atoms with Crippen LogP contribution in [0.15, 0.2) is 17.6 Å². The molecule has 7 heteroatoms. The number of hydrogen-bond donors (Lipinski definition) is 2. The van der Waals surface area contributed by atoms with E-state index >= 15 is 0 Å². The average molecular weight is 213 g/mol. The SMILES string of the molecule is Nc1snnc1CSc1ncc[nH]1. The first-order chi connectivity index (χ1) is 6.36. The molecule has 3 N–H and O–H groups in total. The Morgan fingerprint density at radius 3 is 3.15 bits per heavy atom. The molecule has 5 nitrogen and oxygen atoms in total. The van der Waals surface area contributed by atoms with Gasteiger partial charge in [0.15, 0.2) is 5.16 Å². The Hall–Kier alpha value is -1.08. The molecule has 0 saturated heterocycles. The van der Waals surface area contributed by atoms with E-state index in [1.54, 1.807) is 24.2 Å². The van der Waals surface area contributed by atoms with E-state index in [1.807, 2.05) is 0 Å². The highest BCUT2D eigenvalue weighted by molar-refractivity contribution is 7.98. The van der Waals surface area contributed by atoms with Crippen LogP contribution in [0.2, 0.25) is 0 Å². The van der Waals surface area contributed by atoms with Crippen LogP contribution in [0.3, 0.4) is 0 Å². The van der Waals surface area contributed by atoms with Gasteiger partial charge in [0.1, 0.15) is 10.7 Å². The normalized spacial score (nSPS) is 10.5. The number of nitrogen functional groups attached to an aromatic ring is 1. The zero-order chi connectivity index (χ0) is 9.10. The lowest BCUT2D eigenvalue weighted by molar-refractivity contribution is 1.04. The van der Waals surface area contributed by atoms with Crippen molar-refractivity contribution in [1.29, 1.82) is 0 Å². The van der Waals surface area contributed by atoms with Crippen molar-refractivity contribution in [2.45, 2.75) is 10.9 Å². The molecule has 0 radical (unpaired) electrons. The summed E-state index contributed by atoms with van der Waals surface area (Å²) >= 11 is 2.77. The molecule has 0 atom stereocenters. The Balaban J connectivity index is 1.97. The van der Waals surface area contributed by atoms with E-state index in [9.17, 15) is 0 Å². The summed E-state index contributed by atoms with van der Waals surface area (Å²) in [6.07, 6.45) is 3.50. The predicted octanol–water partition coefficient (Wildman–Crippen LogP) is 1.14. The quantitative estimate of drug-likeness (QED) is 0.747. The van der Waals surface area contributed by atoms with E-state index in [0.29, 0.717) is 10.8 Å². The molecule has 2 aromatic rings. The number of nitrogens with two attached hydrogens (primary N) is 1. The van der Waals surface area contributed by atoms with Crippen LogP contribution in [-0.2, 0) is 5.75 Å². The molecule has 0 aliphatic rings. The van der Waals surface area contributed by atoms with Gasteiger partial charge >= 0.3 is 0 Å². The topological polar surface area (TPSA) is 80.5 Å². The Bertz CT molecular complexity index is 368. The van der Waals surface area contributed by atoms with E-state index in [-0.39, 0.29) is 0 Å². The van der Waals surface area contributed by atoms with Crippen molar-refractivity contribution in [3.63, 3.8) is 0 Å². The van der Waals surface area contributed by atoms with Crippen molar-refractivity contribution in [1.82, 2.24) is 19.6 Å². The van der Waals surface area contributed by atoms with Gasteiger partial charge in [-0.2, -0.15) is 0 Å². The number of aromatic amines is 1. The second kappa shape index (κ2) is 3.75. The summed E-state index contributed by atoms with van der Waals surface area (Å²) < 4.78 is 3.74. The molecule has 2 heterocycles. The van der Waals surface area contributed by atoms with Gasteiger partial charge in [-0.25, -0.2) is 4.98 Å². The van der Waals surface area contributed by atoms with Gasteiger partial charge in [0, 0.05) is 29.7 Å². The van der Waals surface area contributed by atoms with Crippen molar-refractivity contribution in [2.75, 3.05) is 5.73 Å². The molecule has 0 bridgehead atoms. The smallest absolute Gasteiger partial charge is 0.165 e. The van der Waals surface area contributed by atoms with Crippen molar-refractivity contribution < 1.29 is 0 Å². The van der Waals surface area contributed by atoms with Crippen molar-refractivity contribution in [3.05, 3.63) is 18.1 Å². The summed E-state index contributed by atoms with van der Waals surface area (Å²) in [5.74, 6) is 0.704. The largest absolute Gasteiger partial charge is 0.388 e. The number of thioether (sulfide) groups is 1. The first-order valence-corrected chi connectivity index (χ1v) is 5.31. The molecule has 0 unspecified atom stereocenters. The fourth-order valence-electron chi connectivity index (χ4n) is 0.782. The number of anilines is 1. The maximum absolute atomic E-state index is 5.63. The van der Waals surface area contributed by atoms with Crippen LogP contribution in [-0.4, -0.2) is 19.6 Å². The summed E-state index contributed by atoms with van der Waals surface area (Å²) in [6.45, 7) is 0. The number of nitrogens with zero attached hydrogens (tertiary/aromatic N) is 3. The molecular weight excluding hydrogens is 206 g/mol. The Labute approximate surface area is 82.9 Å². The Morgan fingerprint density at radius 1 is 1.62 bits per heavy atom. The van der Waals surface area contributed by atoms with Gasteiger partial charge < -0.3 is 10.7 Å². The minimum atomic E-state index is 0.680. The molecule has 68 valence electrons. The number of aromatic nitrogens is 4. The van der Waals surface area contributed by atoms with Gasteiger partial charge in [-0.3, -0.25) is 0 Å². The van der Waals surface area contributed by atoms with Crippen molar-refractivity contribution in [2.24, 2.45) is 0 Å². The fourth-order valence-corrected chi connectivity index (χ4v) is 2.09. The summed E-state index contributed by atoms with van der Waals surface area (Å²) in [6, 6.07) is 0. The first-order valence-electron chi connectivity index (χ1n) is 3.55. The van der Waals surface area contributed by atoms with E-state index in [1.165, 1.54) is 11.5 Å². The average Bonchev–Trinajstić information content (AvgIpc) is 2.72. The van der Waals surface area contributed by atoms with Crippen LogP contribution in [0.1, 0.15) is 5.69 Å². The third kappa shape index (κ3) is 1.99. The Morgan fingerprint density at radius 2 is 2.54 bits per heavy atom. The van der Waals surface area contributed by atoms with E-state index in [2.05, 4.69) is 19.6 Å². The van der Waals surface area contributed by atoms with Crippen LogP contribution < -0.4 is 5.73 Å². The fraction of sp³-hybridized carbons (Fsp3) is 0.167. The second-order valence-electron chi connectivity index (χ2n) is 2.27. The lowest BCUT2D eigenvalue weighted by Gasteiger charge is -1.93. The van der Waals surface area contributed by atoms with Gasteiger partial charge in [-0.15, -0.1) is 5.10 Å². The monoisotopic (exact) mass is 213 g/mol. The van der Waals surface area contributed by atoms with Gasteiger partial charge in [-0.05, 0) is 0 Å². The number of H-pyrrole nitrogens is 1. The number of nitrogens with one attached hydrogen (secondary N) is 1. The van der Waals surface area contributed by atoms with E-state index in [4.69, 9.17) is 5.73 Å². The highest BCUT2D eigenvalue weighted by Gasteiger charge is 2.05. The third-order valence-corrected chi connectivity index (χ3v) is 2.91. The molecule has 0 aliphatic heterocycles. The van der Waals surface area contributed by atoms with Crippen molar-refractivity contribution >= 4 is 28.3 Å². The highest BCUT2D eigenvalue weighted by atomic mass is 32.2. The number of imidazole rings is 1. The molecule has 0 spiro atoms. The maximum atomic E-state index is 5.63. The standard InChI is InChI=1S/C6H7N5S2/c7-5-4(10-11-13-5)3-12-6-8-1-2-9-6/h1-2H,3,7H2,(H,8,9). The van der Waals surface area contributed by atoms with Gasteiger partial charge in [0.2, 0.25) is 0 Å². The first kappa shape index (κ1) is 8.52. The summed E-state index contributed by atoms with van der Waals surface area (Å²) in [4.78, 5) is 7.05. The molecule has 0 aromatic carbocycles. The minimum absolute atomic E-state index is 0.680. The third-order valence-electron chi connectivity index (χ3n) is 1.40.